The lowest BCUT2D eigenvalue weighted by atomic mass is 9.86. The van der Waals surface area contributed by atoms with Crippen LogP contribution < -0.4 is 16.0 Å². The zero-order chi connectivity index (χ0) is 21.4. The molecule has 2 aliphatic rings. The van der Waals surface area contributed by atoms with Gasteiger partial charge in [-0.15, -0.1) is 0 Å². The lowest BCUT2D eigenvalue weighted by Crippen LogP contribution is -2.52. The maximum absolute atomic E-state index is 12.7. The van der Waals surface area contributed by atoms with Crippen molar-refractivity contribution >= 4 is 44.8 Å². The lowest BCUT2D eigenvalue weighted by Gasteiger charge is -2.40. The summed E-state index contributed by atoms with van der Waals surface area (Å²) in [5.41, 5.74) is 8.89. The van der Waals surface area contributed by atoms with Gasteiger partial charge in [-0.25, -0.2) is 4.98 Å². The third-order valence-electron chi connectivity index (χ3n) is 6.11. The van der Waals surface area contributed by atoms with Gasteiger partial charge in [0.05, 0.1) is 29.5 Å². The molecule has 6 nitrogen and oxygen atoms in total. The predicted octanol–water partition coefficient (Wildman–Crippen LogP) is 3.40. The zero-order valence-electron chi connectivity index (χ0n) is 17.1. The first-order valence-corrected chi connectivity index (χ1v) is 12.1. The number of rotatable bonds is 5. The molecule has 0 spiro atoms. The molecule has 3 heterocycles. The Labute approximate surface area is 189 Å². The van der Waals surface area contributed by atoms with Crippen molar-refractivity contribution in [3.63, 3.8) is 0 Å². The molecule has 0 aliphatic carbocycles. The first-order chi connectivity index (χ1) is 15.1. The molecule has 0 radical (unpaired) electrons. The summed E-state index contributed by atoms with van der Waals surface area (Å²) in [6.45, 7) is 3.98. The number of aromatic nitrogens is 1. The van der Waals surface area contributed by atoms with Gasteiger partial charge in [-0.3, -0.25) is 4.21 Å². The minimum atomic E-state index is -1.00. The molecule has 1 atom stereocenters. The predicted molar refractivity (Wildman–Crippen MR) is 126 cm³/mol. The molecule has 1 fully saturated rings. The smallest absolute Gasteiger partial charge is 0.131 e. The summed E-state index contributed by atoms with van der Waals surface area (Å²) in [5.74, 6) is 1.44. The Balaban J connectivity index is 1.52. The van der Waals surface area contributed by atoms with Gasteiger partial charge in [-0.2, -0.15) is 0 Å². The van der Waals surface area contributed by atoms with Crippen molar-refractivity contribution < 1.29 is 8.95 Å². The van der Waals surface area contributed by atoms with E-state index in [1.165, 1.54) is 0 Å². The third kappa shape index (κ3) is 4.03. The molecule has 0 bridgehead atoms. The summed E-state index contributed by atoms with van der Waals surface area (Å²) in [5, 5.41) is 5.23. The molecule has 0 saturated carbocycles. The van der Waals surface area contributed by atoms with Crippen molar-refractivity contribution in [3.05, 3.63) is 59.1 Å². The van der Waals surface area contributed by atoms with Gasteiger partial charge in [-0.05, 0) is 29.8 Å². The Hall–Kier alpha value is -2.19. The Morgan fingerprint density at radius 3 is 2.84 bits per heavy atom. The van der Waals surface area contributed by atoms with E-state index >= 15 is 0 Å². The minimum Gasteiger partial charge on any atom is -0.384 e. The highest BCUT2D eigenvalue weighted by molar-refractivity contribution is 7.85. The maximum Gasteiger partial charge on any atom is 0.131 e. The Morgan fingerprint density at radius 2 is 2.06 bits per heavy atom. The molecule has 1 saturated heterocycles. The first-order valence-electron chi connectivity index (χ1n) is 10.4. The van der Waals surface area contributed by atoms with E-state index < -0.39 is 10.8 Å². The molecule has 0 amide bonds. The summed E-state index contributed by atoms with van der Waals surface area (Å²) in [7, 11) is -1.00. The second-order valence-electron chi connectivity index (χ2n) is 8.32. The number of halogens is 1. The second-order valence-corrected chi connectivity index (χ2v) is 10.3. The summed E-state index contributed by atoms with van der Waals surface area (Å²) >= 11 is 6.29. The van der Waals surface area contributed by atoms with E-state index in [9.17, 15) is 4.21 Å². The van der Waals surface area contributed by atoms with Crippen LogP contribution >= 0.6 is 11.6 Å². The number of nitrogens with two attached hydrogens (primary N) is 1. The Morgan fingerprint density at radius 1 is 1.23 bits per heavy atom. The van der Waals surface area contributed by atoms with E-state index in [4.69, 9.17) is 27.1 Å². The fourth-order valence-electron chi connectivity index (χ4n) is 4.10. The number of nitrogens with one attached hydrogen (secondary N) is 1. The SMILES string of the molecule is NCC1(CNc2cc(N3CCS(=O)c4ccccc4C3)nc3ccc(Cl)cc23)COC1. The number of hydrogen-bond donors (Lipinski definition) is 2. The normalized spacial score (nSPS) is 20.1. The average molecular weight is 457 g/mol. The molecule has 31 heavy (non-hydrogen) atoms. The van der Waals surface area contributed by atoms with Gasteiger partial charge >= 0.3 is 0 Å². The van der Waals surface area contributed by atoms with Crippen LogP contribution in [0.2, 0.25) is 5.02 Å². The van der Waals surface area contributed by atoms with E-state index in [0.717, 1.165) is 39.4 Å². The van der Waals surface area contributed by atoms with Gasteiger partial charge in [0.25, 0.3) is 0 Å². The number of benzene rings is 2. The van der Waals surface area contributed by atoms with E-state index in [1.807, 2.05) is 42.5 Å². The number of hydrogen-bond acceptors (Lipinski definition) is 6. The van der Waals surface area contributed by atoms with Crippen molar-refractivity contribution in [2.75, 3.05) is 48.8 Å². The van der Waals surface area contributed by atoms with Crippen LogP contribution in [0, 0.1) is 5.41 Å². The minimum absolute atomic E-state index is 0.0349. The third-order valence-corrected chi connectivity index (χ3v) is 7.79. The van der Waals surface area contributed by atoms with Crippen LogP contribution in [0.4, 0.5) is 11.5 Å². The van der Waals surface area contributed by atoms with Crippen LogP contribution in [-0.4, -0.2) is 47.8 Å². The fraction of sp³-hybridized carbons (Fsp3) is 0.348. The van der Waals surface area contributed by atoms with Gasteiger partial charge in [0, 0.05) is 64.4 Å². The number of anilines is 2. The van der Waals surface area contributed by atoms with Crippen molar-refractivity contribution in [1.29, 1.82) is 0 Å². The summed E-state index contributed by atoms with van der Waals surface area (Å²) < 4.78 is 18.1. The van der Waals surface area contributed by atoms with Crippen molar-refractivity contribution in [2.24, 2.45) is 11.1 Å². The first kappa shape index (κ1) is 20.7. The van der Waals surface area contributed by atoms with Gasteiger partial charge in [-0.1, -0.05) is 29.8 Å². The molecule has 162 valence electrons. The molecule has 5 rings (SSSR count). The van der Waals surface area contributed by atoms with Crippen molar-refractivity contribution in [2.45, 2.75) is 11.4 Å². The summed E-state index contributed by atoms with van der Waals surface area (Å²) in [4.78, 5) is 8.04. The highest BCUT2D eigenvalue weighted by Crippen LogP contribution is 2.33. The molecular formula is C23H25ClN4O2S. The molecular weight excluding hydrogens is 432 g/mol. The van der Waals surface area contributed by atoms with Crippen LogP contribution in [0.15, 0.2) is 53.4 Å². The van der Waals surface area contributed by atoms with Crippen LogP contribution in [-0.2, 0) is 22.1 Å². The van der Waals surface area contributed by atoms with E-state index in [1.54, 1.807) is 0 Å². The number of nitrogens with zero attached hydrogens (tertiary/aromatic N) is 2. The van der Waals surface area contributed by atoms with E-state index in [2.05, 4.69) is 16.3 Å². The molecule has 3 aromatic rings. The van der Waals surface area contributed by atoms with Crippen LogP contribution in [0.25, 0.3) is 10.9 Å². The van der Waals surface area contributed by atoms with Gasteiger partial charge < -0.3 is 20.7 Å². The zero-order valence-corrected chi connectivity index (χ0v) is 18.7. The molecule has 1 unspecified atom stereocenters. The highest BCUT2D eigenvalue weighted by Gasteiger charge is 2.37. The van der Waals surface area contributed by atoms with Crippen molar-refractivity contribution in [1.82, 2.24) is 4.98 Å². The van der Waals surface area contributed by atoms with Crippen LogP contribution in [0.3, 0.4) is 0 Å². The lowest BCUT2D eigenvalue weighted by molar-refractivity contribution is -0.0979. The molecule has 2 aliphatic heterocycles. The van der Waals surface area contributed by atoms with E-state index in [0.29, 0.717) is 43.6 Å². The molecule has 8 heteroatoms. The Kier molecular flexibility index (Phi) is 5.60. The molecule has 3 N–H and O–H groups in total. The van der Waals surface area contributed by atoms with Crippen molar-refractivity contribution in [3.8, 4) is 0 Å². The maximum atomic E-state index is 12.7. The van der Waals surface area contributed by atoms with Crippen LogP contribution in [0.5, 0.6) is 0 Å². The summed E-state index contributed by atoms with van der Waals surface area (Å²) in [6, 6.07) is 15.8. The standard InChI is InChI=1S/C23H25ClN4O2S/c24-17-5-6-19-18(9-17)20(26-13-23(12-25)14-30-15-23)10-22(27-19)28-7-8-31(29)21-4-2-1-3-16(21)11-28/h1-6,9-10H,7-8,11-15,25H2,(H,26,27). The second kappa shape index (κ2) is 8.39. The van der Waals surface area contributed by atoms with Gasteiger partial charge in [0.2, 0.25) is 0 Å². The number of ether oxygens (including phenoxy) is 1. The summed E-state index contributed by atoms with van der Waals surface area (Å²) in [6.07, 6.45) is 0. The monoisotopic (exact) mass is 456 g/mol. The highest BCUT2D eigenvalue weighted by atomic mass is 35.5. The van der Waals surface area contributed by atoms with Crippen LogP contribution in [0.1, 0.15) is 5.56 Å². The topological polar surface area (TPSA) is 80.5 Å². The Bertz CT molecular complexity index is 1150. The van der Waals surface area contributed by atoms with Gasteiger partial charge in [0.1, 0.15) is 5.82 Å². The fourth-order valence-corrected chi connectivity index (χ4v) is 5.53. The quantitative estimate of drug-likeness (QED) is 0.612. The van der Waals surface area contributed by atoms with Gasteiger partial charge in [0.15, 0.2) is 0 Å². The largest absolute Gasteiger partial charge is 0.384 e. The average Bonchev–Trinajstić information content (AvgIpc) is 2.92. The van der Waals surface area contributed by atoms with E-state index in [-0.39, 0.29) is 5.41 Å². The molecule has 2 aromatic carbocycles. The number of pyridine rings is 1. The number of fused-ring (bicyclic) bond motifs is 2. The molecule has 1 aromatic heterocycles.